The molecular formula is C17H14ClFN2O2. The van der Waals surface area contributed by atoms with Gasteiger partial charge in [0.25, 0.3) is 0 Å². The fourth-order valence-electron chi connectivity index (χ4n) is 2.37. The Balaban J connectivity index is 1.59. The topological polar surface area (TPSA) is 64.7 Å². The highest BCUT2D eigenvalue weighted by Crippen LogP contribution is 2.48. The molecule has 1 saturated carbocycles. The minimum Gasteiger partial charge on any atom is -0.380 e. The van der Waals surface area contributed by atoms with Crippen LogP contribution in [0.2, 0.25) is 5.02 Å². The zero-order valence-corrected chi connectivity index (χ0v) is 12.8. The van der Waals surface area contributed by atoms with E-state index in [9.17, 15) is 9.18 Å². The summed E-state index contributed by atoms with van der Waals surface area (Å²) in [4.78, 5) is 16.9. The van der Waals surface area contributed by atoms with Crippen LogP contribution in [0.4, 0.5) is 4.39 Å². The number of oxime groups is 1. The Morgan fingerprint density at radius 1 is 1.17 bits per heavy atom. The van der Waals surface area contributed by atoms with E-state index in [0.29, 0.717) is 17.0 Å². The third kappa shape index (κ3) is 3.68. The number of nitrogens with two attached hydrogens (primary N) is 1. The molecule has 6 heteroatoms. The van der Waals surface area contributed by atoms with E-state index >= 15 is 0 Å². The fourth-order valence-corrected chi connectivity index (χ4v) is 2.50. The van der Waals surface area contributed by atoms with E-state index < -0.39 is 5.97 Å². The van der Waals surface area contributed by atoms with Crippen molar-refractivity contribution in [2.75, 3.05) is 0 Å². The number of carbonyl (C=O) groups is 1. The first-order valence-corrected chi connectivity index (χ1v) is 7.48. The lowest BCUT2D eigenvalue weighted by Gasteiger charge is -2.02. The maximum absolute atomic E-state index is 12.8. The van der Waals surface area contributed by atoms with Crippen LogP contribution in [0.15, 0.2) is 53.7 Å². The van der Waals surface area contributed by atoms with Crippen molar-refractivity contribution in [1.29, 1.82) is 0 Å². The molecule has 1 aliphatic rings. The summed E-state index contributed by atoms with van der Waals surface area (Å²) in [6.07, 6.45) is 0.715. The summed E-state index contributed by atoms with van der Waals surface area (Å²) in [6.45, 7) is 0. The Labute approximate surface area is 137 Å². The molecule has 0 aromatic heterocycles. The molecule has 2 aromatic rings. The molecule has 2 N–H and O–H groups in total. The van der Waals surface area contributed by atoms with E-state index in [1.165, 1.54) is 24.3 Å². The third-order valence-corrected chi connectivity index (χ3v) is 4.02. The van der Waals surface area contributed by atoms with E-state index in [0.717, 1.165) is 5.56 Å². The molecule has 0 bridgehead atoms. The van der Waals surface area contributed by atoms with Crippen molar-refractivity contribution in [3.8, 4) is 0 Å². The van der Waals surface area contributed by atoms with Crippen LogP contribution in [-0.4, -0.2) is 11.8 Å². The summed E-state index contributed by atoms with van der Waals surface area (Å²) in [5.74, 6) is -0.859. The lowest BCUT2D eigenvalue weighted by molar-refractivity contribution is -0.145. The Kier molecular flexibility index (Phi) is 4.30. The molecule has 4 nitrogen and oxygen atoms in total. The van der Waals surface area contributed by atoms with Gasteiger partial charge in [-0.25, -0.2) is 9.18 Å². The molecule has 0 aliphatic heterocycles. The minimum absolute atomic E-state index is 0.0297. The molecule has 0 saturated heterocycles. The monoisotopic (exact) mass is 332 g/mol. The van der Waals surface area contributed by atoms with Gasteiger partial charge in [-0.1, -0.05) is 28.9 Å². The first-order valence-electron chi connectivity index (χ1n) is 7.10. The van der Waals surface area contributed by atoms with Crippen molar-refractivity contribution in [2.24, 2.45) is 16.8 Å². The van der Waals surface area contributed by atoms with Gasteiger partial charge in [-0.05, 0) is 54.3 Å². The molecule has 0 heterocycles. The summed E-state index contributed by atoms with van der Waals surface area (Å²) >= 11 is 5.84. The molecule has 1 fully saturated rings. The van der Waals surface area contributed by atoms with E-state index in [4.69, 9.17) is 22.2 Å². The molecule has 0 amide bonds. The third-order valence-electron chi connectivity index (χ3n) is 3.77. The van der Waals surface area contributed by atoms with E-state index in [1.54, 1.807) is 12.1 Å². The van der Waals surface area contributed by atoms with Crippen LogP contribution in [-0.2, 0) is 9.63 Å². The molecule has 0 radical (unpaired) electrons. The smallest absolute Gasteiger partial charge is 0.338 e. The van der Waals surface area contributed by atoms with Gasteiger partial charge in [0.1, 0.15) is 5.82 Å². The lowest BCUT2D eigenvalue weighted by atomic mass is 10.1. The van der Waals surface area contributed by atoms with Crippen LogP contribution in [0.3, 0.4) is 0 Å². The van der Waals surface area contributed by atoms with Crippen molar-refractivity contribution >= 4 is 23.4 Å². The second kappa shape index (κ2) is 6.38. The zero-order chi connectivity index (χ0) is 16.4. The Morgan fingerprint density at radius 2 is 1.83 bits per heavy atom. The average Bonchev–Trinajstić information content (AvgIpc) is 3.34. The Bertz CT molecular complexity index is 744. The number of carbonyl (C=O) groups excluding carboxylic acids is 1. The molecule has 1 aliphatic carbocycles. The SMILES string of the molecule is N/C(=N\OC(=O)C1CC1c1ccc(Cl)cc1)c1ccc(F)cc1. The van der Waals surface area contributed by atoms with Crippen LogP contribution in [0, 0.1) is 11.7 Å². The Morgan fingerprint density at radius 3 is 2.48 bits per heavy atom. The summed E-state index contributed by atoms with van der Waals surface area (Å²) in [5.41, 5.74) is 7.25. The van der Waals surface area contributed by atoms with Gasteiger partial charge in [-0.3, -0.25) is 0 Å². The van der Waals surface area contributed by atoms with Gasteiger partial charge < -0.3 is 10.6 Å². The normalized spacial score (nSPS) is 20.2. The number of nitrogens with zero attached hydrogens (tertiary/aromatic N) is 1. The highest BCUT2D eigenvalue weighted by molar-refractivity contribution is 6.30. The summed E-state index contributed by atoms with van der Waals surface area (Å²) < 4.78 is 12.8. The molecule has 118 valence electrons. The average molecular weight is 333 g/mol. The summed E-state index contributed by atoms with van der Waals surface area (Å²) in [5, 5.41) is 4.29. The predicted octanol–water partition coefficient (Wildman–Crippen LogP) is 3.45. The highest BCUT2D eigenvalue weighted by Gasteiger charge is 2.45. The molecule has 0 spiro atoms. The minimum atomic E-state index is -0.421. The summed E-state index contributed by atoms with van der Waals surface area (Å²) in [7, 11) is 0. The van der Waals surface area contributed by atoms with E-state index in [2.05, 4.69) is 5.16 Å². The van der Waals surface area contributed by atoms with Gasteiger partial charge in [0, 0.05) is 10.6 Å². The zero-order valence-electron chi connectivity index (χ0n) is 12.1. The molecule has 2 aromatic carbocycles. The van der Waals surface area contributed by atoms with Gasteiger partial charge in [0.2, 0.25) is 0 Å². The van der Waals surface area contributed by atoms with Gasteiger partial charge in [0.05, 0.1) is 5.92 Å². The molecule has 23 heavy (non-hydrogen) atoms. The maximum atomic E-state index is 12.8. The maximum Gasteiger partial charge on any atom is 0.338 e. The highest BCUT2D eigenvalue weighted by atomic mass is 35.5. The largest absolute Gasteiger partial charge is 0.380 e. The number of hydrogen-bond acceptors (Lipinski definition) is 3. The van der Waals surface area contributed by atoms with Gasteiger partial charge in [-0.2, -0.15) is 0 Å². The van der Waals surface area contributed by atoms with Crippen LogP contribution >= 0.6 is 11.6 Å². The van der Waals surface area contributed by atoms with Gasteiger partial charge in [-0.15, -0.1) is 0 Å². The van der Waals surface area contributed by atoms with E-state index in [-0.39, 0.29) is 23.5 Å². The van der Waals surface area contributed by atoms with Crippen molar-refractivity contribution in [1.82, 2.24) is 0 Å². The van der Waals surface area contributed by atoms with Crippen LogP contribution in [0.1, 0.15) is 23.5 Å². The quantitative estimate of drug-likeness (QED) is 0.403. The standard InChI is InChI=1S/C17H14ClFN2O2/c18-12-5-1-10(2-6-12)14-9-15(14)17(22)23-21-16(20)11-3-7-13(19)8-4-11/h1-8,14-15H,9H2,(H2,20,21). The summed E-state index contributed by atoms with van der Waals surface area (Å²) in [6, 6.07) is 12.8. The molecule has 2 atom stereocenters. The number of rotatable bonds is 4. The first kappa shape index (κ1) is 15.5. The second-order valence-corrected chi connectivity index (χ2v) is 5.83. The predicted molar refractivity (Wildman–Crippen MR) is 85.5 cm³/mol. The number of halogens is 2. The van der Waals surface area contributed by atoms with Crippen molar-refractivity contribution in [3.63, 3.8) is 0 Å². The number of benzene rings is 2. The Hall–Kier alpha value is -2.40. The van der Waals surface area contributed by atoms with E-state index in [1.807, 2.05) is 12.1 Å². The molecule has 3 rings (SSSR count). The first-order chi connectivity index (χ1) is 11.0. The van der Waals surface area contributed by atoms with Crippen LogP contribution in [0.25, 0.3) is 0 Å². The lowest BCUT2D eigenvalue weighted by Crippen LogP contribution is -2.15. The van der Waals surface area contributed by atoms with Crippen LogP contribution < -0.4 is 5.73 Å². The molecule has 2 unspecified atom stereocenters. The second-order valence-electron chi connectivity index (χ2n) is 5.39. The number of hydrogen-bond donors (Lipinski definition) is 1. The number of amidine groups is 1. The molecular weight excluding hydrogens is 319 g/mol. The van der Waals surface area contributed by atoms with Gasteiger partial charge >= 0.3 is 5.97 Å². The van der Waals surface area contributed by atoms with Gasteiger partial charge in [0.15, 0.2) is 5.84 Å². The van der Waals surface area contributed by atoms with Crippen LogP contribution in [0.5, 0.6) is 0 Å². The fraction of sp³-hybridized carbons (Fsp3) is 0.176. The van der Waals surface area contributed by atoms with Crippen molar-refractivity contribution in [2.45, 2.75) is 12.3 Å². The van der Waals surface area contributed by atoms with Crippen molar-refractivity contribution < 1.29 is 14.0 Å². The van der Waals surface area contributed by atoms with Crippen molar-refractivity contribution in [3.05, 3.63) is 70.5 Å².